The molecule has 146 valence electrons. The number of carbonyl (C=O) groups excluding carboxylic acids is 1. The third-order valence-corrected chi connectivity index (χ3v) is 5.37. The molecule has 0 aromatic carbocycles. The molecule has 0 atom stereocenters. The lowest BCUT2D eigenvalue weighted by Crippen LogP contribution is -2.32. The Morgan fingerprint density at radius 1 is 1.33 bits per heavy atom. The average molecular weight is 372 g/mol. The van der Waals surface area contributed by atoms with Crippen LogP contribution in [0.15, 0.2) is 17.1 Å². The number of nitrogens with zero attached hydrogens (tertiary/aromatic N) is 4. The number of aryl methyl sites for hydroxylation is 1. The van der Waals surface area contributed by atoms with Crippen molar-refractivity contribution in [1.82, 2.24) is 19.2 Å². The van der Waals surface area contributed by atoms with Crippen LogP contribution in [0.4, 0.5) is 0 Å². The summed E-state index contributed by atoms with van der Waals surface area (Å²) in [7, 11) is 3.29. The summed E-state index contributed by atoms with van der Waals surface area (Å²) in [6, 6.07) is 1.44. The van der Waals surface area contributed by atoms with E-state index in [1.807, 2.05) is 24.7 Å². The zero-order valence-corrected chi connectivity index (χ0v) is 16.6. The third-order valence-electron chi connectivity index (χ3n) is 5.37. The number of hydrogen-bond acceptors (Lipinski definition) is 4. The van der Waals surface area contributed by atoms with Crippen molar-refractivity contribution in [3.63, 3.8) is 0 Å². The van der Waals surface area contributed by atoms with E-state index in [1.54, 1.807) is 16.5 Å². The monoisotopic (exact) mass is 372 g/mol. The van der Waals surface area contributed by atoms with Gasteiger partial charge in [0.2, 0.25) is 0 Å². The Bertz CT molecular complexity index is 897. The summed E-state index contributed by atoms with van der Waals surface area (Å²) in [5, 5.41) is 4.36. The average Bonchev–Trinajstić information content (AvgIpc) is 2.86. The molecule has 0 saturated carbocycles. The number of fused-ring (bicyclic) bond motifs is 1. The van der Waals surface area contributed by atoms with E-state index in [-0.39, 0.29) is 11.5 Å². The molecule has 2 aromatic rings. The quantitative estimate of drug-likeness (QED) is 0.808. The maximum Gasteiger partial charge on any atom is 0.259 e. The molecule has 0 aliphatic carbocycles. The van der Waals surface area contributed by atoms with Gasteiger partial charge in [-0.2, -0.15) is 5.10 Å². The SMILES string of the molecule is CCn1ncc(CN(C)C(=O)c2c(OC)cc(=O)n3c2CCCCC3)c1C. The van der Waals surface area contributed by atoms with Crippen molar-refractivity contribution >= 4 is 5.91 Å². The van der Waals surface area contributed by atoms with E-state index in [0.29, 0.717) is 30.8 Å². The predicted molar refractivity (Wildman–Crippen MR) is 103 cm³/mol. The fourth-order valence-electron chi connectivity index (χ4n) is 3.78. The molecular formula is C20H28N4O3. The summed E-state index contributed by atoms with van der Waals surface area (Å²) < 4.78 is 9.09. The minimum absolute atomic E-state index is 0.0944. The smallest absolute Gasteiger partial charge is 0.259 e. The van der Waals surface area contributed by atoms with Crippen LogP contribution in [0.2, 0.25) is 0 Å². The van der Waals surface area contributed by atoms with Gasteiger partial charge in [-0.25, -0.2) is 0 Å². The number of rotatable bonds is 5. The van der Waals surface area contributed by atoms with Crippen molar-refractivity contribution in [1.29, 1.82) is 0 Å². The van der Waals surface area contributed by atoms with E-state index in [4.69, 9.17) is 4.74 Å². The van der Waals surface area contributed by atoms with Crippen LogP contribution in [-0.2, 0) is 26.1 Å². The molecule has 0 radical (unpaired) electrons. The van der Waals surface area contributed by atoms with Crippen LogP contribution in [0.25, 0.3) is 0 Å². The second kappa shape index (κ2) is 7.98. The van der Waals surface area contributed by atoms with Crippen LogP contribution in [0, 0.1) is 6.92 Å². The predicted octanol–water partition coefficient (Wildman–Crippen LogP) is 2.38. The lowest BCUT2D eigenvalue weighted by atomic mass is 10.1. The Morgan fingerprint density at radius 2 is 2.11 bits per heavy atom. The maximum atomic E-state index is 13.3. The van der Waals surface area contributed by atoms with Gasteiger partial charge in [-0.05, 0) is 33.1 Å². The highest BCUT2D eigenvalue weighted by molar-refractivity contribution is 5.98. The maximum absolute atomic E-state index is 13.3. The van der Waals surface area contributed by atoms with Gasteiger partial charge in [0.05, 0.1) is 13.3 Å². The van der Waals surface area contributed by atoms with Crippen LogP contribution in [-0.4, -0.2) is 39.3 Å². The molecule has 1 aliphatic rings. The van der Waals surface area contributed by atoms with E-state index in [1.165, 1.54) is 13.2 Å². The first-order chi connectivity index (χ1) is 13.0. The van der Waals surface area contributed by atoms with Gasteiger partial charge in [-0.15, -0.1) is 0 Å². The van der Waals surface area contributed by atoms with Crippen LogP contribution < -0.4 is 10.3 Å². The molecule has 0 bridgehead atoms. The van der Waals surface area contributed by atoms with Crippen molar-refractivity contribution in [2.75, 3.05) is 14.2 Å². The van der Waals surface area contributed by atoms with Crippen LogP contribution in [0.1, 0.15) is 53.5 Å². The number of ether oxygens (including phenoxy) is 1. The lowest BCUT2D eigenvalue weighted by Gasteiger charge is -2.22. The zero-order valence-electron chi connectivity index (χ0n) is 16.6. The summed E-state index contributed by atoms with van der Waals surface area (Å²) in [5.41, 5.74) is 3.30. The molecule has 0 fully saturated rings. The van der Waals surface area contributed by atoms with Gasteiger partial charge >= 0.3 is 0 Å². The summed E-state index contributed by atoms with van der Waals surface area (Å²) in [5.74, 6) is 0.243. The van der Waals surface area contributed by atoms with Gasteiger partial charge in [0.15, 0.2) is 0 Å². The van der Waals surface area contributed by atoms with Crippen LogP contribution in [0.3, 0.4) is 0 Å². The number of amides is 1. The molecular weight excluding hydrogens is 344 g/mol. The van der Waals surface area contributed by atoms with Crippen LogP contribution >= 0.6 is 0 Å². The van der Waals surface area contributed by atoms with Crippen molar-refractivity contribution in [2.45, 2.75) is 59.2 Å². The summed E-state index contributed by atoms with van der Waals surface area (Å²) in [6.07, 6.45) is 5.52. The van der Waals surface area contributed by atoms with Crippen LogP contribution in [0.5, 0.6) is 5.75 Å². The van der Waals surface area contributed by atoms with Gasteiger partial charge in [0.25, 0.3) is 11.5 Å². The number of pyridine rings is 1. The van der Waals surface area contributed by atoms with E-state index in [9.17, 15) is 9.59 Å². The topological polar surface area (TPSA) is 69.4 Å². The molecule has 1 aliphatic heterocycles. The van der Waals surface area contributed by atoms with E-state index < -0.39 is 0 Å². The molecule has 2 aromatic heterocycles. The van der Waals surface area contributed by atoms with E-state index in [0.717, 1.165) is 42.8 Å². The van der Waals surface area contributed by atoms with Gasteiger partial charge in [0, 0.05) is 49.7 Å². The zero-order chi connectivity index (χ0) is 19.6. The molecule has 3 heterocycles. The van der Waals surface area contributed by atoms with Crippen molar-refractivity contribution in [2.24, 2.45) is 0 Å². The number of carbonyl (C=O) groups is 1. The first-order valence-electron chi connectivity index (χ1n) is 9.55. The minimum Gasteiger partial charge on any atom is -0.496 e. The van der Waals surface area contributed by atoms with Crippen molar-refractivity contribution < 1.29 is 9.53 Å². The Balaban J connectivity index is 1.97. The highest BCUT2D eigenvalue weighted by atomic mass is 16.5. The van der Waals surface area contributed by atoms with Crippen molar-refractivity contribution in [3.8, 4) is 5.75 Å². The molecule has 3 rings (SSSR count). The molecule has 0 saturated heterocycles. The fraction of sp³-hybridized carbons (Fsp3) is 0.550. The Morgan fingerprint density at radius 3 is 2.78 bits per heavy atom. The van der Waals surface area contributed by atoms with E-state index >= 15 is 0 Å². The second-order valence-corrected chi connectivity index (χ2v) is 7.07. The Labute approximate surface area is 159 Å². The number of methoxy groups -OCH3 is 1. The Hall–Kier alpha value is -2.57. The lowest BCUT2D eigenvalue weighted by molar-refractivity contribution is 0.0779. The Kier molecular flexibility index (Phi) is 5.68. The van der Waals surface area contributed by atoms with Gasteiger partial charge in [-0.3, -0.25) is 14.3 Å². The largest absolute Gasteiger partial charge is 0.496 e. The summed E-state index contributed by atoms with van der Waals surface area (Å²) >= 11 is 0. The fourth-order valence-corrected chi connectivity index (χ4v) is 3.78. The normalized spacial score (nSPS) is 13.8. The number of aromatic nitrogens is 3. The van der Waals surface area contributed by atoms with E-state index in [2.05, 4.69) is 5.10 Å². The first-order valence-corrected chi connectivity index (χ1v) is 9.55. The second-order valence-electron chi connectivity index (χ2n) is 7.07. The van der Waals surface area contributed by atoms with Gasteiger partial charge in [0.1, 0.15) is 11.3 Å². The minimum atomic E-state index is -0.124. The highest BCUT2D eigenvalue weighted by Gasteiger charge is 2.26. The summed E-state index contributed by atoms with van der Waals surface area (Å²) in [4.78, 5) is 27.5. The molecule has 7 nitrogen and oxygen atoms in total. The summed E-state index contributed by atoms with van der Waals surface area (Å²) in [6.45, 7) is 5.97. The molecule has 1 amide bonds. The molecule has 27 heavy (non-hydrogen) atoms. The van der Waals surface area contributed by atoms with Gasteiger partial charge < -0.3 is 14.2 Å². The standard InChI is InChI=1S/C20H28N4O3/c1-5-24-14(2)15(12-21-24)13-22(3)20(26)19-16-9-7-6-8-10-23(16)18(25)11-17(19)27-4/h11-12H,5-10,13H2,1-4H3. The molecule has 0 unspecified atom stereocenters. The first kappa shape index (κ1) is 19.2. The van der Waals surface area contributed by atoms with Crippen molar-refractivity contribution in [3.05, 3.63) is 45.1 Å². The highest BCUT2D eigenvalue weighted by Crippen LogP contribution is 2.26. The molecule has 0 spiro atoms. The molecule has 0 N–H and O–H groups in total. The number of hydrogen-bond donors (Lipinski definition) is 0. The third kappa shape index (κ3) is 3.63. The molecule has 7 heteroatoms. The van der Waals surface area contributed by atoms with Gasteiger partial charge in [-0.1, -0.05) is 6.42 Å².